The fourth-order valence-corrected chi connectivity index (χ4v) is 0. The average molecular weight is 79.0 g/mol. The van der Waals surface area contributed by atoms with E-state index >= 15 is 0 Å². The molecular formula is H3LiNNaO2. The van der Waals surface area contributed by atoms with Crippen molar-refractivity contribution in [1.82, 2.24) is 0 Å². The van der Waals surface area contributed by atoms with E-state index in [1.54, 1.807) is 0 Å². The Morgan fingerprint density at radius 3 is 1.60 bits per heavy atom. The Balaban J connectivity index is -0.0000000200. The van der Waals surface area contributed by atoms with Gasteiger partial charge in [-0.25, -0.2) is 0 Å². The van der Waals surface area contributed by atoms with Crippen LogP contribution < -0.4 is 0 Å². The summed E-state index contributed by atoms with van der Waals surface area (Å²) >= 11 is 0. The molecule has 0 aliphatic heterocycles. The molecule has 0 aromatic rings. The standard InChI is InChI=1S/Li.HNO2.Na.2H/c;2-1-3;;;/h;(H,2,3);;;. The summed E-state index contributed by atoms with van der Waals surface area (Å²) in [5, 5.41) is 7.89. The maximum atomic E-state index is 8.11. The summed E-state index contributed by atoms with van der Waals surface area (Å²) in [7, 11) is 0. The van der Waals surface area contributed by atoms with E-state index < -0.39 is 0 Å². The van der Waals surface area contributed by atoms with E-state index in [1.165, 1.54) is 5.34 Å². The molecular weight excluding hydrogens is 75.9 g/mol. The Morgan fingerprint density at radius 2 is 1.60 bits per heavy atom. The molecule has 0 radical (unpaired) electrons. The fraction of sp³-hybridized carbons (Fsp3) is 0. The van der Waals surface area contributed by atoms with Crippen molar-refractivity contribution < 1.29 is 5.21 Å². The van der Waals surface area contributed by atoms with Gasteiger partial charge >= 0.3 is 48.4 Å². The maximum absolute atomic E-state index is 8.11. The summed E-state index contributed by atoms with van der Waals surface area (Å²) in [6.07, 6.45) is 0. The van der Waals surface area contributed by atoms with E-state index in [4.69, 9.17) is 10.1 Å². The van der Waals surface area contributed by atoms with Gasteiger partial charge in [0, 0.05) is 0 Å². The van der Waals surface area contributed by atoms with Crippen molar-refractivity contribution in [2.45, 2.75) is 0 Å². The van der Waals surface area contributed by atoms with E-state index in [-0.39, 0.29) is 48.4 Å². The van der Waals surface area contributed by atoms with Crippen LogP contribution in [-0.4, -0.2) is 53.6 Å². The monoisotopic (exact) mass is 79.0 g/mol. The minimum atomic E-state index is 0. The molecule has 0 rings (SSSR count). The van der Waals surface area contributed by atoms with Crippen LogP contribution >= 0.6 is 0 Å². The van der Waals surface area contributed by atoms with Crippen molar-refractivity contribution in [3.05, 3.63) is 4.91 Å². The molecule has 0 aliphatic rings. The zero-order valence-electron chi connectivity index (χ0n) is 1.30. The van der Waals surface area contributed by atoms with Crippen molar-refractivity contribution in [3.63, 3.8) is 0 Å². The van der Waals surface area contributed by atoms with Gasteiger partial charge in [0.1, 0.15) is 0 Å². The molecule has 0 unspecified atom stereocenters. The van der Waals surface area contributed by atoms with Crippen molar-refractivity contribution in [1.29, 1.82) is 0 Å². The Hall–Kier alpha value is 0.997. The van der Waals surface area contributed by atoms with E-state index in [2.05, 4.69) is 0 Å². The normalized spacial score (nSPS) is 2.40. The first-order chi connectivity index (χ1) is 1.41. The second-order valence-corrected chi connectivity index (χ2v) is 0.0816. The van der Waals surface area contributed by atoms with Crippen LogP contribution in [0.5, 0.6) is 0 Å². The third kappa shape index (κ3) is 45.1. The van der Waals surface area contributed by atoms with Crippen LogP contribution in [0.3, 0.4) is 0 Å². The van der Waals surface area contributed by atoms with E-state index in [1.807, 2.05) is 0 Å². The number of hydrogen-bond acceptors (Lipinski definition) is 2. The SMILES string of the molecule is O=NO.[LiH].[NaH]. The van der Waals surface area contributed by atoms with Crippen LogP contribution in [0.2, 0.25) is 0 Å². The van der Waals surface area contributed by atoms with Gasteiger partial charge in [-0.05, 0) is 0 Å². The third-order valence-corrected chi connectivity index (χ3v) is 0. The molecule has 0 heterocycles. The molecule has 0 atom stereocenters. The first-order valence-corrected chi connectivity index (χ1v) is 0.383. The van der Waals surface area contributed by atoms with Crippen LogP contribution in [0.1, 0.15) is 0 Å². The molecule has 22 valence electrons. The molecule has 0 amide bonds. The molecule has 5 heavy (non-hydrogen) atoms. The Morgan fingerprint density at radius 1 is 1.60 bits per heavy atom. The van der Waals surface area contributed by atoms with Gasteiger partial charge in [0.2, 0.25) is 0 Å². The van der Waals surface area contributed by atoms with Crippen LogP contribution in [0.4, 0.5) is 0 Å². The molecule has 0 saturated heterocycles. The Kier molecular flexibility index (Phi) is 66.7. The van der Waals surface area contributed by atoms with Gasteiger partial charge in [0.15, 0.2) is 5.34 Å². The zero-order chi connectivity index (χ0) is 2.71. The number of hydrogen-bond donors (Lipinski definition) is 1. The second-order valence-electron chi connectivity index (χ2n) is 0.0816. The van der Waals surface area contributed by atoms with Crippen LogP contribution in [0.25, 0.3) is 0 Å². The summed E-state index contributed by atoms with van der Waals surface area (Å²) in [6, 6.07) is 0. The third-order valence-electron chi connectivity index (χ3n) is 0. The number of rotatable bonds is 0. The first kappa shape index (κ1) is 16.7. The molecule has 1 N–H and O–H groups in total. The van der Waals surface area contributed by atoms with Crippen molar-refractivity contribution >= 4 is 48.4 Å². The predicted octanol–water partition coefficient (Wildman–Crippen LogP) is -1.16. The Labute approximate surface area is 63.5 Å². The van der Waals surface area contributed by atoms with Gasteiger partial charge in [-0.2, -0.15) is 0 Å². The second kappa shape index (κ2) is 20.0. The zero-order valence-corrected chi connectivity index (χ0v) is 1.30. The van der Waals surface area contributed by atoms with E-state index in [9.17, 15) is 0 Å². The number of nitrogens with zero attached hydrogens (tertiary/aromatic N) is 1. The van der Waals surface area contributed by atoms with Gasteiger partial charge < -0.3 is 5.21 Å². The fourth-order valence-electron chi connectivity index (χ4n) is 0. The summed E-state index contributed by atoms with van der Waals surface area (Å²) in [6.45, 7) is 0. The average Bonchev–Trinajstić information content (AvgIpc) is 0.918. The van der Waals surface area contributed by atoms with Crippen molar-refractivity contribution in [2.24, 2.45) is 5.34 Å². The molecule has 5 heteroatoms. The van der Waals surface area contributed by atoms with Crippen LogP contribution in [0, 0.1) is 4.91 Å². The van der Waals surface area contributed by atoms with E-state index in [0.29, 0.717) is 0 Å². The molecule has 0 bridgehead atoms. The van der Waals surface area contributed by atoms with Gasteiger partial charge in [0.05, 0.1) is 0 Å². The molecule has 0 aromatic carbocycles. The molecule has 0 spiro atoms. The summed E-state index contributed by atoms with van der Waals surface area (Å²) in [5.74, 6) is 0. The molecule has 0 saturated carbocycles. The summed E-state index contributed by atoms with van der Waals surface area (Å²) in [5.41, 5.74) is 0. The molecule has 0 aromatic heterocycles. The summed E-state index contributed by atoms with van der Waals surface area (Å²) in [4.78, 5) is 8.11. The van der Waals surface area contributed by atoms with Crippen molar-refractivity contribution in [2.75, 3.05) is 0 Å². The van der Waals surface area contributed by atoms with Crippen LogP contribution in [0.15, 0.2) is 5.34 Å². The van der Waals surface area contributed by atoms with E-state index in [0.717, 1.165) is 0 Å². The minimum absolute atomic E-state index is 0. The summed E-state index contributed by atoms with van der Waals surface area (Å²) < 4.78 is 0. The molecule has 0 fully saturated rings. The van der Waals surface area contributed by atoms with Gasteiger partial charge in [0.25, 0.3) is 0 Å². The van der Waals surface area contributed by atoms with Gasteiger partial charge in [-0.1, -0.05) is 0 Å². The van der Waals surface area contributed by atoms with Gasteiger partial charge in [-0.3, -0.25) is 0 Å². The topological polar surface area (TPSA) is 49.7 Å². The molecule has 3 nitrogen and oxygen atoms in total. The predicted molar refractivity (Wildman–Crippen MR) is 21.9 cm³/mol. The Bertz CT molecular complexity index is 17.1. The quantitative estimate of drug-likeness (QED) is 0.226. The molecule has 0 aliphatic carbocycles. The van der Waals surface area contributed by atoms with Gasteiger partial charge in [-0.15, -0.1) is 4.91 Å². The van der Waals surface area contributed by atoms with Crippen molar-refractivity contribution in [3.8, 4) is 0 Å². The first-order valence-electron chi connectivity index (χ1n) is 0.383. The van der Waals surface area contributed by atoms with Crippen LogP contribution in [-0.2, 0) is 0 Å².